The van der Waals surface area contributed by atoms with E-state index in [9.17, 15) is 0 Å². The molecule has 1 aromatic heterocycles. The Bertz CT molecular complexity index is 654. The lowest BCUT2D eigenvalue weighted by Gasteiger charge is -2.14. The third-order valence-corrected chi connectivity index (χ3v) is 3.70. The van der Waals surface area contributed by atoms with Crippen molar-refractivity contribution in [3.05, 3.63) is 65.7 Å². The first-order chi connectivity index (χ1) is 8.90. The Morgan fingerprint density at radius 3 is 2.22 bits per heavy atom. The minimum absolute atomic E-state index is 1.00. The highest BCUT2D eigenvalue weighted by Crippen LogP contribution is 2.29. The molecule has 1 aliphatic rings. The fraction of sp³-hybridized carbons (Fsp3) is 0.125. The summed E-state index contributed by atoms with van der Waals surface area (Å²) in [6.45, 7) is 2.01. The number of hydrogen-bond acceptors (Lipinski definition) is 1. The first-order valence-electron chi connectivity index (χ1n) is 6.30. The molecule has 0 saturated heterocycles. The van der Waals surface area contributed by atoms with Gasteiger partial charge in [-0.1, -0.05) is 42.5 Å². The van der Waals surface area contributed by atoms with Crippen molar-refractivity contribution in [3.63, 3.8) is 0 Å². The third kappa shape index (κ3) is 1.42. The molecule has 2 nitrogen and oxygen atoms in total. The van der Waals surface area contributed by atoms with Crippen LogP contribution >= 0.6 is 0 Å². The number of rotatable bonds is 1. The second-order valence-electron chi connectivity index (χ2n) is 4.87. The monoisotopic (exact) mass is 234 g/mol. The van der Waals surface area contributed by atoms with Gasteiger partial charge in [0.25, 0.3) is 0 Å². The largest absolute Gasteiger partial charge is 0.349 e. The average molecular weight is 234 g/mol. The van der Waals surface area contributed by atoms with Crippen LogP contribution in [-0.4, -0.2) is 4.98 Å². The molecule has 0 atom stereocenters. The van der Waals surface area contributed by atoms with E-state index in [-0.39, 0.29) is 0 Å². The van der Waals surface area contributed by atoms with E-state index < -0.39 is 0 Å². The first-order valence-corrected chi connectivity index (χ1v) is 6.30. The lowest BCUT2D eigenvalue weighted by molar-refractivity contribution is 0.865. The molecule has 2 aromatic carbocycles. The Morgan fingerprint density at radius 2 is 1.50 bits per heavy atom. The van der Waals surface area contributed by atoms with Crippen LogP contribution in [0, 0.1) is 0 Å². The van der Waals surface area contributed by atoms with Gasteiger partial charge in [0.05, 0.1) is 0 Å². The molecule has 0 aliphatic carbocycles. The number of nitrogens with zero attached hydrogens (tertiary/aromatic N) is 1. The smallest absolute Gasteiger partial charge is 0.107 e. The summed E-state index contributed by atoms with van der Waals surface area (Å²) in [5.74, 6) is 1.22. The molecule has 0 saturated carbocycles. The summed E-state index contributed by atoms with van der Waals surface area (Å²) in [6, 6.07) is 19.3. The molecular weight excluding hydrogens is 220 g/mol. The van der Waals surface area contributed by atoms with E-state index in [0.29, 0.717) is 0 Å². The number of para-hydroxylation sites is 1. The van der Waals surface area contributed by atoms with Crippen LogP contribution in [0.2, 0.25) is 0 Å². The molecule has 0 spiro atoms. The topological polar surface area (TPSA) is 19.0 Å². The van der Waals surface area contributed by atoms with Gasteiger partial charge in [-0.15, -0.1) is 0 Å². The quantitative estimate of drug-likeness (QED) is 0.680. The van der Waals surface area contributed by atoms with E-state index in [1.807, 2.05) is 0 Å². The fourth-order valence-electron chi connectivity index (χ4n) is 2.73. The van der Waals surface area contributed by atoms with Gasteiger partial charge in [0.1, 0.15) is 5.82 Å². The van der Waals surface area contributed by atoms with E-state index in [1.165, 1.54) is 27.8 Å². The molecule has 4 rings (SSSR count). The molecular formula is C16H14N2. The molecule has 0 bridgehead atoms. The van der Waals surface area contributed by atoms with E-state index in [4.69, 9.17) is 0 Å². The number of fused-ring (bicyclic) bond motifs is 2. The molecule has 0 fully saturated rings. The first kappa shape index (κ1) is 9.77. The van der Waals surface area contributed by atoms with Crippen molar-refractivity contribution >= 4 is 16.7 Å². The molecule has 0 radical (unpaired) electrons. The number of H-pyrrole nitrogens is 1. The van der Waals surface area contributed by atoms with Gasteiger partial charge in [-0.25, -0.2) is 0 Å². The zero-order valence-corrected chi connectivity index (χ0v) is 10.1. The minimum atomic E-state index is 1.00. The van der Waals surface area contributed by atoms with E-state index >= 15 is 0 Å². The lowest BCUT2D eigenvalue weighted by atomic mass is 10.1. The fourth-order valence-corrected chi connectivity index (χ4v) is 2.73. The van der Waals surface area contributed by atoms with Crippen LogP contribution in [0.3, 0.4) is 0 Å². The molecule has 0 unspecified atom stereocenters. The standard InChI is InChI=1S/C16H14N2/c1-2-7-14-11-18(10-13(14)6-1)16-9-12-5-3-4-8-15(12)17-16/h1-9,17H,10-11H2. The van der Waals surface area contributed by atoms with Gasteiger partial charge in [0.2, 0.25) is 0 Å². The number of nitrogens with one attached hydrogen (secondary N) is 1. The summed E-state index contributed by atoms with van der Waals surface area (Å²) >= 11 is 0. The van der Waals surface area contributed by atoms with Crippen molar-refractivity contribution in [2.75, 3.05) is 4.90 Å². The summed E-state index contributed by atoms with van der Waals surface area (Å²) in [4.78, 5) is 5.89. The molecule has 1 aliphatic heterocycles. The number of aromatic nitrogens is 1. The van der Waals surface area contributed by atoms with Crippen LogP contribution in [0.1, 0.15) is 11.1 Å². The van der Waals surface area contributed by atoms with E-state index in [1.54, 1.807) is 0 Å². The van der Waals surface area contributed by atoms with Crippen molar-refractivity contribution < 1.29 is 0 Å². The molecule has 0 amide bonds. The van der Waals surface area contributed by atoms with Gasteiger partial charge < -0.3 is 9.88 Å². The number of anilines is 1. The van der Waals surface area contributed by atoms with E-state index in [0.717, 1.165) is 13.1 Å². The van der Waals surface area contributed by atoms with Crippen LogP contribution < -0.4 is 4.90 Å². The van der Waals surface area contributed by atoms with Gasteiger partial charge in [-0.3, -0.25) is 0 Å². The number of benzene rings is 2. The normalized spacial score (nSPS) is 14.1. The molecule has 88 valence electrons. The maximum Gasteiger partial charge on any atom is 0.107 e. The van der Waals surface area contributed by atoms with Crippen molar-refractivity contribution in [2.24, 2.45) is 0 Å². The maximum atomic E-state index is 3.50. The van der Waals surface area contributed by atoms with Gasteiger partial charge >= 0.3 is 0 Å². The number of hydrogen-bond donors (Lipinski definition) is 1. The second-order valence-corrected chi connectivity index (χ2v) is 4.87. The molecule has 1 N–H and O–H groups in total. The van der Waals surface area contributed by atoms with Crippen molar-refractivity contribution in [3.8, 4) is 0 Å². The third-order valence-electron chi connectivity index (χ3n) is 3.70. The lowest BCUT2D eigenvalue weighted by Crippen LogP contribution is -2.14. The summed E-state index contributed by atoms with van der Waals surface area (Å²) in [6.07, 6.45) is 0. The molecule has 2 heterocycles. The number of aromatic amines is 1. The summed E-state index contributed by atoms with van der Waals surface area (Å²) < 4.78 is 0. The highest BCUT2D eigenvalue weighted by molar-refractivity contribution is 5.84. The van der Waals surface area contributed by atoms with Gasteiger partial charge in [0, 0.05) is 24.0 Å². The second kappa shape index (κ2) is 3.64. The highest BCUT2D eigenvalue weighted by atomic mass is 15.2. The Morgan fingerprint density at radius 1 is 0.833 bits per heavy atom. The SMILES string of the molecule is c1ccc2c(c1)CN(c1cc3ccccc3[nH]1)C2. The van der Waals surface area contributed by atoms with Gasteiger partial charge in [-0.05, 0) is 23.3 Å². The zero-order chi connectivity index (χ0) is 11.9. The van der Waals surface area contributed by atoms with Crippen LogP contribution in [0.25, 0.3) is 10.9 Å². The average Bonchev–Trinajstić information content (AvgIpc) is 3.02. The molecule has 18 heavy (non-hydrogen) atoms. The Hall–Kier alpha value is -2.22. The van der Waals surface area contributed by atoms with E-state index in [2.05, 4.69) is 64.5 Å². The minimum Gasteiger partial charge on any atom is -0.349 e. The molecule has 2 heteroatoms. The maximum absolute atomic E-state index is 3.50. The predicted molar refractivity (Wildman–Crippen MR) is 74.6 cm³/mol. The van der Waals surface area contributed by atoms with Gasteiger partial charge in [0.15, 0.2) is 0 Å². The van der Waals surface area contributed by atoms with Crippen LogP contribution in [-0.2, 0) is 13.1 Å². The Balaban J connectivity index is 1.73. The van der Waals surface area contributed by atoms with Crippen LogP contribution in [0.15, 0.2) is 54.6 Å². The zero-order valence-electron chi connectivity index (χ0n) is 10.1. The summed E-state index contributed by atoms with van der Waals surface area (Å²) in [5.41, 5.74) is 4.09. The highest BCUT2D eigenvalue weighted by Gasteiger charge is 2.19. The van der Waals surface area contributed by atoms with Gasteiger partial charge in [-0.2, -0.15) is 0 Å². The summed E-state index contributed by atoms with van der Waals surface area (Å²) in [5, 5.41) is 1.28. The van der Waals surface area contributed by atoms with Crippen LogP contribution in [0.5, 0.6) is 0 Å². The van der Waals surface area contributed by atoms with Crippen molar-refractivity contribution in [1.29, 1.82) is 0 Å². The van der Waals surface area contributed by atoms with Crippen molar-refractivity contribution in [1.82, 2.24) is 4.98 Å². The Kier molecular flexibility index (Phi) is 1.97. The summed E-state index contributed by atoms with van der Waals surface area (Å²) in [7, 11) is 0. The predicted octanol–water partition coefficient (Wildman–Crippen LogP) is 3.69. The molecule has 3 aromatic rings. The van der Waals surface area contributed by atoms with Crippen molar-refractivity contribution in [2.45, 2.75) is 13.1 Å². The van der Waals surface area contributed by atoms with Crippen LogP contribution in [0.4, 0.5) is 5.82 Å². The Labute approximate surface area is 106 Å².